The summed E-state index contributed by atoms with van der Waals surface area (Å²) in [4.78, 5) is 22.4. The molecule has 104 valence electrons. The van der Waals surface area contributed by atoms with Crippen molar-refractivity contribution in [2.75, 3.05) is 11.9 Å². The van der Waals surface area contributed by atoms with Crippen LogP contribution < -0.4 is 10.1 Å². The molecule has 7 heteroatoms. The third kappa shape index (κ3) is 3.58. The molecule has 0 bridgehead atoms. The van der Waals surface area contributed by atoms with Gasteiger partial charge in [-0.05, 0) is 25.1 Å². The molecule has 7 nitrogen and oxygen atoms in total. The van der Waals surface area contributed by atoms with Crippen molar-refractivity contribution in [3.63, 3.8) is 0 Å². The van der Waals surface area contributed by atoms with Gasteiger partial charge in [0.2, 0.25) is 5.88 Å². The maximum absolute atomic E-state index is 11.6. The van der Waals surface area contributed by atoms with Crippen LogP contribution in [0.2, 0.25) is 0 Å². The Morgan fingerprint density at radius 3 is 2.85 bits per heavy atom. The van der Waals surface area contributed by atoms with Crippen LogP contribution in [0.15, 0.2) is 34.9 Å². The molecule has 20 heavy (non-hydrogen) atoms. The molecule has 0 spiro atoms. The van der Waals surface area contributed by atoms with Crippen LogP contribution in [0.3, 0.4) is 0 Å². The van der Waals surface area contributed by atoms with Crippen LogP contribution in [0.5, 0.6) is 5.75 Å². The highest BCUT2D eigenvalue weighted by molar-refractivity contribution is 5.90. The van der Waals surface area contributed by atoms with Gasteiger partial charge in [-0.3, -0.25) is 10.1 Å². The topological polar surface area (TPSA) is 102 Å². The van der Waals surface area contributed by atoms with E-state index < -0.39 is 11.9 Å². The standard InChI is InChI=1S/C13H12N2O5/c1-8-5-12(20-15-8)14-11(16)7-19-10-4-2-3-9(6-10)13(17)18/h2-6H,7H2,1H3,(H,14,16)(H,17,18). The molecule has 0 saturated heterocycles. The highest BCUT2D eigenvalue weighted by Gasteiger charge is 2.08. The van der Waals surface area contributed by atoms with Crippen LogP contribution in [0, 0.1) is 6.92 Å². The maximum Gasteiger partial charge on any atom is 0.335 e. The van der Waals surface area contributed by atoms with Gasteiger partial charge >= 0.3 is 5.97 Å². The first-order valence-corrected chi connectivity index (χ1v) is 5.74. The molecule has 1 aromatic carbocycles. The third-order valence-corrected chi connectivity index (χ3v) is 2.34. The summed E-state index contributed by atoms with van der Waals surface area (Å²) < 4.78 is 10.0. The molecule has 0 radical (unpaired) electrons. The average Bonchev–Trinajstić information content (AvgIpc) is 2.82. The van der Waals surface area contributed by atoms with E-state index in [2.05, 4.69) is 10.5 Å². The number of nitrogens with one attached hydrogen (secondary N) is 1. The minimum atomic E-state index is -1.06. The number of aromatic nitrogens is 1. The fourth-order valence-electron chi connectivity index (χ4n) is 1.46. The van der Waals surface area contributed by atoms with E-state index in [1.807, 2.05) is 0 Å². The molecular formula is C13H12N2O5. The molecular weight excluding hydrogens is 264 g/mol. The summed E-state index contributed by atoms with van der Waals surface area (Å²) in [5.41, 5.74) is 0.740. The van der Waals surface area contributed by atoms with Gasteiger partial charge in [-0.2, -0.15) is 0 Å². The van der Waals surface area contributed by atoms with Gasteiger partial charge in [-0.25, -0.2) is 4.79 Å². The lowest BCUT2D eigenvalue weighted by Gasteiger charge is -2.06. The van der Waals surface area contributed by atoms with Gasteiger partial charge in [0.15, 0.2) is 6.61 Å². The Hall–Kier alpha value is -2.83. The van der Waals surface area contributed by atoms with E-state index in [0.29, 0.717) is 11.4 Å². The number of aryl methyl sites for hydroxylation is 1. The van der Waals surface area contributed by atoms with Crippen molar-refractivity contribution in [1.29, 1.82) is 0 Å². The van der Waals surface area contributed by atoms with Crippen LogP contribution in [-0.2, 0) is 4.79 Å². The Bertz CT molecular complexity index is 635. The first-order chi connectivity index (χ1) is 9.54. The second-order valence-corrected chi connectivity index (χ2v) is 4.00. The number of nitrogens with zero attached hydrogens (tertiary/aromatic N) is 1. The number of rotatable bonds is 5. The van der Waals surface area contributed by atoms with E-state index in [4.69, 9.17) is 14.4 Å². The zero-order valence-corrected chi connectivity index (χ0v) is 10.6. The van der Waals surface area contributed by atoms with E-state index in [1.54, 1.807) is 19.1 Å². The number of carbonyl (C=O) groups excluding carboxylic acids is 1. The second-order valence-electron chi connectivity index (χ2n) is 4.00. The number of benzene rings is 1. The molecule has 0 aliphatic rings. The van der Waals surface area contributed by atoms with Crippen LogP contribution in [-0.4, -0.2) is 28.7 Å². The van der Waals surface area contributed by atoms with Crippen LogP contribution in [0.1, 0.15) is 16.1 Å². The van der Waals surface area contributed by atoms with E-state index in [-0.39, 0.29) is 18.1 Å². The van der Waals surface area contributed by atoms with Crippen LogP contribution >= 0.6 is 0 Å². The average molecular weight is 276 g/mol. The first kappa shape index (κ1) is 13.6. The SMILES string of the molecule is Cc1cc(NC(=O)COc2cccc(C(=O)O)c2)on1. The van der Waals surface area contributed by atoms with Gasteiger partial charge < -0.3 is 14.4 Å². The summed E-state index contributed by atoms with van der Waals surface area (Å²) in [5, 5.41) is 14.9. The number of aromatic carboxylic acids is 1. The van der Waals surface area contributed by atoms with Crippen molar-refractivity contribution in [2.45, 2.75) is 6.92 Å². The number of carboxylic acids is 1. The number of hydrogen-bond donors (Lipinski definition) is 2. The van der Waals surface area contributed by atoms with Crippen molar-refractivity contribution >= 4 is 17.8 Å². The van der Waals surface area contributed by atoms with Gasteiger partial charge in [0.1, 0.15) is 5.75 Å². The molecule has 0 aliphatic heterocycles. The molecule has 2 rings (SSSR count). The molecule has 0 unspecified atom stereocenters. The van der Waals surface area contributed by atoms with Crippen molar-refractivity contribution in [2.24, 2.45) is 0 Å². The molecule has 1 amide bonds. The number of anilines is 1. The Kier molecular flexibility index (Phi) is 3.99. The number of carboxylic acid groups (broad SMARTS) is 1. The Morgan fingerprint density at radius 1 is 1.40 bits per heavy atom. The molecule has 0 fully saturated rings. The number of carbonyl (C=O) groups is 2. The zero-order valence-electron chi connectivity index (χ0n) is 10.6. The van der Waals surface area contributed by atoms with Gasteiger partial charge in [0, 0.05) is 6.07 Å². The summed E-state index contributed by atoms with van der Waals surface area (Å²) in [5.74, 6) is -0.955. The third-order valence-electron chi connectivity index (χ3n) is 2.34. The summed E-state index contributed by atoms with van der Waals surface area (Å²) in [6, 6.07) is 7.46. The predicted molar refractivity (Wildman–Crippen MR) is 68.8 cm³/mol. The lowest BCUT2D eigenvalue weighted by molar-refractivity contribution is -0.118. The lowest BCUT2D eigenvalue weighted by Crippen LogP contribution is -2.19. The van der Waals surface area contributed by atoms with Gasteiger partial charge in [-0.15, -0.1) is 0 Å². The maximum atomic E-state index is 11.6. The number of hydrogen-bond acceptors (Lipinski definition) is 5. The molecule has 0 atom stereocenters. The summed E-state index contributed by atoms with van der Waals surface area (Å²) in [6.07, 6.45) is 0. The monoisotopic (exact) mass is 276 g/mol. The minimum Gasteiger partial charge on any atom is -0.484 e. The normalized spacial score (nSPS) is 10.1. The fourth-order valence-corrected chi connectivity index (χ4v) is 1.46. The molecule has 2 N–H and O–H groups in total. The summed E-state index contributed by atoms with van der Waals surface area (Å²) in [7, 11) is 0. The van der Waals surface area contributed by atoms with E-state index in [1.165, 1.54) is 18.2 Å². The lowest BCUT2D eigenvalue weighted by atomic mass is 10.2. The van der Waals surface area contributed by atoms with E-state index in [9.17, 15) is 9.59 Å². The highest BCUT2D eigenvalue weighted by Crippen LogP contribution is 2.13. The first-order valence-electron chi connectivity index (χ1n) is 5.74. The van der Waals surface area contributed by atoms with Crippen LogP contribution in [0.25, 0.3) is 0 Å². The van der Waals surface area contributed by atoms with Crippen molar-refractivity contribution in [3.05, 3.63) is 41.6 Å². The van der Waals surface area contributed by atoms with Gasteiger partial charge in [-0.1, -0.05) is 11.2 Å². The van der Waals surface area contributed by atoms with E-state index >= 15 is 0 Å². The van der Waals surface area contributed by atoms with Gasteiger partial charge in [0.25, 0.3) is 5.91 Å². The second kappa shape index (κ2) is 5.87. The zero-order chi connectivity index (χ0) is 14.5. The van der Waals surface area contributed by atoms with Crippen molar-refractivity contribution in [1.82, 2.24) is 5.16 Å². The molecule has 0 aliphatic carbocycles. The Balaban J connectivity index is 1.90. The number of amides is 1. The minimum absolute atomic E-state index is 0.0915. The van der Waals surface area contributed by atoms with Crippen LogP contribution in [0.4, 0.5) is 5.88 Å². The van der Waals surface area contributed by atoms with Crippen molar-refractivity contribution in [3.8, 4) is 5.75 Å². The van der Waals surface area contributed by atoms with E-state index in [0.717, 1.165) is 0 Å². The van der Waals surface area contributed by atoms with Gasteiger partial charge in [0.05, 0.1) is 11.3 Å². The molecule has 0 saturated carbocycles. The number of ether oxygens (including phenoxy) is 1. The predicted octanol–water partition coefficient (Wildman–Crippen LogP) is 1.70. The molecule has 2 aromatic rings. The Morgan fingerprint density at radius 2 is 2.20 bits per heavy atom. The quantitative estimate of drug-likeness (QED) is 0.861. The highest BCUT2D eigenvalue weighted by atomic mass is 16.5. The van der Waals surface area contributed by atoms with Crippen molar-refractivity contribution < 1.29 is 24.0 Å². The molecule has 1 heterocycles. The largest absolute Gasteiger partial charge is 0.484 e. The summed E-state index contributed by atoms with van der Waals surface area (Å²) in [6.45, 7) is 1.47. The smallest absolute Gasteiger partial charge is 0.335 e. The Labute approximate surface area is 114 Å². The summed E-state index contributed by atoms with van der Waals surface area (Å²) >= 11 is 0. The fraction of sp³-hybridized carbons (Fsp3) is 0.154. The molecule has 1 aromatic heterocycles.